The Bertz CT molecular complexity index is 1550. The topological polar surface area (TPSA) is 312 Å². The van der Waals surface area contributed by atoms with Crippen molar-refractivity contribution >= 4 is 11.9 Å². The molecule has 0 aromatic rings. The fourth-order valence-corrected chi connectivity index (χ4v) is 5.46. The van der Waals surface area contributed by atoms with Crippen LogP contribution in [0.3, 0.4) is 0 Å². The van der Waals surface area contributed by atoms with E-state index in [4.69, 9.17) is 28.4 Å². The van der Waals surface area contributed by atoms with E-state index in [1.165, 1.54) is 26.0 Å². The molecule has 0 radical (unpaired) electrons. The van der Waals surface area contributed by atoms with Crippen molar-refractivity contribution in [2.75, 3.05) is 19.8 Å². The minimum atomic E-state index is -1.83. The molecule has 19 nitrogen and oxygen atoms in total. The van der Waals surface area contributed by atoms with Gasteiger partial charge in [0.2, 0.25) is 12.6 Å². The maximum absolute atomic E-state index is 12.7. The van der Waals surface area contributed by atoms with Gasteiger partial charge in [-0.05, 0) is 27.7 Å². The number of hydrogen-bond donors (Lipinski definition) is 11. The summed E-state index contributed by atoms with van der Waals surface area (Å²) < 4.78 is 31.6. The highest BCUT2D eigenvalue weighted by atomic mass is 16.7. The molecule has 3 aliphatic heterocycles. The summed E-state index contributed by atoms with van der Waals surface area (Å²) in [5, 5.41) is 110. The number of carbonyl (C=O) groups excluding carboxylic acids is 2. The van der Waals surface area contributed by atoms with Crippen molar-refractivity contribution in [1.29, 1.82) is 0 Å². The van der Waals surface area contributed by atoms with E-state index in [0.717, 1.165) is 11.1 Å². The second-order valence-electron chi connectivity index (χ2n) is 13.7. The van der Waals surface area contributed by atoms with Crippen LogP contribution in [0.2, 0.25) is 0 Å². The van der Waals surface area contributed by atoms with E-state index >= 15 is 0 Å². The van der Waals surface area contributed by atoms with Crippen molar-refractivity contribution in [3.8, 4) is 0 Å². The first-order valence-electron chi connectivity index (χ1n) is 18.0. The van der Waals surface area contributed by atoms with Crippen LogP contribution in [0.15, 0.2) is 83.1 Å². The van der Waals surface area contributed by atoms with E-state index in [-0.39, 0.29) is 11.1 Å². The predicted molar refractivity (Wildman–Crippen MR) is 195 cm³/mol. The van der Waals surface area contributed by atoms with Crippen LogP contribution < -0.4 is 0 Å². The normalized spacial score (nSPS) is 37.6. The summed E-state index contributed by atoms with van der Waals surface area (Å²) in [5.74, 6) is -1.75. The Labute approximate surface area is 328 Å². The number of aliphatic hydroxyl groups is 11. The summed E-state index contributed by atoms with van der Waals surface area (Å²) in [6.45, 7) is 4.59. The molecule has 15 unspecified atom stereocenters. The van der Waals surface area contributed by atoms with Crippen LogP contribution in [0.1, 0.15) is 27.7 Å². The third-order valence-corrected chi connectivity index (χ3v) is 9.12. The van der Waals surface area contributed by atoms with Gasteiger partial charge < -0.3 is 84.6 Å². The van der Waals surface area contributed by atoms with Gasteiger partial charge in [0.25, 0.3) is 0 Å². The number of hydrogen-bond acceptors (Lipinski definition) is 19. The summed E-state index contributed by atoms with van der Waals surface area (Å²) in [6, 6.07) is 0. The average Bonchev–Trinajstić information content (AvgIpc) is 3.18. The Morgan fingerprint density at radius 1 is 0.474 bits per heavy atom. The number of carbonyl (C=O) groups is 2. The van der Waals surface area contributed by atoms with Crippen molar-refractivity contribution in [2.45, 2.75) is 120 Å². The highest BCUT2D eigenvalue weighted by Gasteiger charge is 2.48. The van der Waals surface area contributed by atoms with Crippen LogP contribution in [-0.4, -0.2) is 180 Å². The molecule has 15 atom stereocenters. The molecule has 3 aliphatic rings. The molecule has 0 saturated carbocycles. The summed E-state index contributed by atoms with van der Waals surface area (Å²) in [5.41, 5.74) is 1.86. The molecule has 19 heteroatoms. The molecule has 3 saturated heterocycles. The van der Waals surface area contributed by atoms with Crippen LogP contribution in [-0.2, 0) is 38.0 Å². The number of esters is 2. The highest BCUT2D eigenvalue weighted by Crippen LogP contribution is 2.27. The molecule has 320 valence electrons. The van der Waals surface area contributed by atoms with Gasteiger partial charge in [-0.15, -0.1) is 0 Å². The lowest BCUT2D eigenvalue weighted by atomic mass is 9.98. The predicted octanol–water partition coefficient (Wildman–Crippen LogP) is -3.05. The summed E-state index contributed by atoms with van der Waals surface area (Å²) in [7, 11) is 0. The zero-order chi connectivity index (χ0) is 42.6. The van der Waals surface area contributed by atoms with Gasteiger partial charge in [-0.25, -0.2) is 9.59 Å². The first-order chi connectivity index (χ1) is 26.9. The van der Waals surface area contributed by atoms with Gasteiger partial charge in [0.05, 0.1) is 19.8 Å². The third-order valence-electron chi connectivity index (χ3n) is 9.12. The van der Waals surface area contributed by atoms with Gasteiger partial charge in [-0.3, -0.25) is 0 Å². The maximum atomic E-state index is 12.7. The van der Waals surface area contributed by atoms with Crippen LogP contribution in [0.25, 0.3) is 0 Å². The lowest BCUT2D eigenvalue weighted by Gasteiger charge is -2.42. The minimum absolute atomic E-state index is 0.0944. The molecule has 0 spiro atoms. The molecule has 0 aliphatic carbocycles. The molecular weight excluding hydrogens is 760 g/mol. The first kappa shape index (κ1) is 47.9. The van der Waals surface area contributed by atoms with E-state index in [1.54, 1.807) is 55.5 Å². The number of allylic oxidation sites excluding steroid dienone is 12. The fourth-order valence-electron chi connectivity index (χ4n) is 5.46. The smallest absolute Gasteiger partial charge is 0.336 e. The largest absolute Gasteiger partial charge is 0.429 e. The molecule has 11 N–H and O–H groups in total. The quantitative estimate of drug-likeness (QED) is 0.0445. The van der Waals surface area contributed by atoms with Crippen molar-refractivity contribution in [3.63, 3.8) is 0 Å². The highest BCUT2D eigenvalue weighted by molar-refractivity contribution is 5.88. The van der Waals surface area contributed by atoms with Gasteiger partial charge in [-0.2, -0.15) is 0 Å². The van der Waals surface area contributed by atoms with Crippen molar-refractivity contribution < 1.29 is 94.2 Å². The van der Waals surface area contributed by atoms with Crippen molar-refractivity contribution in [3.05, 3.63) is 83.1 Å². The van der Waals surface area contributed by atoms with Crippen LogP contribution >= 0.6 is 0 Å². The van der Waals surface area contributed by atoms with E-state index < -0.39 is 124 Å². The summed E-state index contributed by atoms with van der Waals surface area (Å²) in [6.07, 6.45) is -7.55. The second kappa shape index (κ2) is 22.6. The number of rotatable bonds is 15. The Balaban J connectivity index is 1.48. The number of aliphatic hydroxyl groups excluding tert-OH is 11. The molecular formula is C38H54O19. The summed E-state index contributed by atoms with van der Waals surface area (Å²) >= 11 is 0. The zero-order valence-corrected chi connectivity index (χ0v) is 31.7. The average molecular weight is 815 g/mol. The minimum Gasteiger partial charge on any atom is -0.429 e. The van der Waals surface area contributed by atoms with E-state index in [0.29, 0.717) is 0 Å². The van der Waals surface area contributed by atoms with E-state index in [1.807, 2.05) is 6.92 Å². The molecule has 0 bridgehead atoms. The Hall–Kier alpha value is -3.48. The van der Waals surface area contributed by atoms with Crippen molar-refractivity contribution in [1.82, 2.24) is 0 Å². The first-order valence-corrected chi connectivity index (χ1v) is 18.0. The molecule has 0 aromatic heterocycles. The monoisotopic (exact) mass is 814 g/mol. The lowest BCUT2D eigenvalue weighted by Crippen LogP contribution is -2.61. The molecule has 57 heavy (non-hydrogen) atoms. The van der Waals surface area contributed by atoms with Crippen LogP contribution in [0, 0.1) is 0 Å². The summed E-state index contributed by atoms with van der Waals surface area (Å²) in [4.78, 5) is 25.2. The van der Waals surface area contributed by atoms with Crippen LogP contribution in [0.4, 0.5) is 0 Å². The Kier molecular flexibility index (Phi) is 19.0. The Morgan fingerprint density at radius 2 is 0.825 bits per heavy atom. The van der Waals surface area contributed by atoms with Gasteiger partial charge >= 0.3 is 11.9 Å². The van der Waals surface area contributed by atoms with Gasteiger partial charge in [0.15, 0.2) is 6.29 Å². The molecule has 0 amide bonds. The fraction of sp³-hybridized carbons (Fsp3) is 0.579. The SMILES string of the molecule is CC(/C=C/C=C(\C)C(=O)OC1OC(CO)C(O)C(O)C1O)=C\C=C\C=C(C)\C=C\C=C(/C)C(=O)OC1OC(COC2OC(CO)C(O)C(O)C2O)C(O)C(O)C1O. The van der Waals surface area contributed by atoms with Crippen LogP contribution in [0.5, 0.6) is 0 Å². The van der Waals surface area contributed by atoms with Gasteiger partial charge in [0, 0.05) is 11.1 Å². The maximum Gasteiger partial charge on any atom is 0.336 e. The van der Waals surface area contributed by atoms with Gasteiger partial charge in [0.1, 0.15) is 73.2 Å². The molecule has 3 rings (SSSR count). The van der Waals surface area contributed by atoms with Gasteiger partial charge in [-0.1, -0.05) is 71.9 Å². The standard InChI is InChI=1S/C38H54O19/c1-18(11-7-13-20(3)34(50)56-37-32(48)29(45)26(42)23(16-40)54-37)9-5-6-10-19(2)12-8-14-21(4)35(51)57-38-33(49)30(46)27(43)24(55-38)17-52-36-31(47)28(44)25(41)22(15-39)53-36/h5-14,22-33,36-49H,15-17H2,1-4H3/b6-5+,11-7+,12-8+,18-9+,19-10+,20-13+,21-14+. The second-order valence-corrected chi connectivity index (χ2v) is 13.7. The van der Waals surface area contributed by atoms with E-state index in [2.05, 4.69) is 0 Å². The third kappa shape index (κ3) is 13.3. The van der Waals surface area contributed by atoms with E-state index in [9.17, 15) is 65.8 Å². The lowest BCUT2D eigenvalue weighted by molar-refractivity contribution is -0.326. The molecule has 0 aromatic carbocycles. The molecule has 3 fully saturated rings. The Morgan fingerprint density at radius 3 is 1.23 bits per heavy atom. The van der Waals surface area contributed by atoms with Crippen molar-refractivity contribution in [2.24, 2.45) is 0 Å². The zero-order valence-electron chi connectivity index (χ0n) is 31.7. The molecule has 3 heterocycles. The number of ether oxygens (including phenoxy) is 6.